The SMILES string of the molecule is NCCCCNC(=O)Cn1c(-c2ccc(Cl)cc2)csc1=Nc1cccc2ccccc12. The Hall–Kier alpha value is -2.93. The van der Waals surface area contributed by atoms with Crippen LogP contribution in [0.1, 0.15) is 12.8 Å². The summed E-state index contributed by atoms with van der Waals surface area (Å²) in [5.41, 5.74) is 8.34. The molecule has 3 N–H and O–H groups in total. The highest BCUT2D eigenvalue weighted by Gasteiger charge is 2.12. The van der Waals surface area contributed by atoms with Gasteiger partial charge in [0.25, 0.3) is 0 Å². The molecule has 5 nitrogen and oxygen atoms in total. The maximum absolute atomic E-state index is 12.7. The lowest BCUT2D eigenvalue weighted by Gasteiger charge is -2.10. The number of unbranched alkanes of at least 4 members (excludes halogenated alkanes) is 1. The topological polar surface area (TPSA) is 72.4 Å². The van der Waals surface area contributed by atoms with E-state index in [1.165, 1.54) is 11.3 Å². The van der Waals surface area contributed by atoms with Gasteiger partial charge in [0.15, 0.2) is 4.80 Å². The molecule has 164 valence electrons. The van der Waals surface area contributed by atoms with E-state index in [-0.39, 0.29) is 12.5 Å². The molecule has 1 heterocycles. The van der Waals surface area contributed by atoms with Crippen LogP contribution in [0.25, 0.3) is 22.0 Å². The van der Waals surface area contributed by atoms with Crippen LogP contribution in [-0.2, 0) is 11.3 Å². The van der Waals surface area contributed by atoms with Crippen LogP contribution in [-0.4, -0.2) is 23.6 Å². The molecule has 3 aromatic carbocycles. The van der Waals surface area contributed by atoms with E-state index in [1.807, 2.05) is 58.5 Å². The zero-order chi connectivity index (χ0) is 22.3. The summed E-state index contributed by atoms with van der Waals surface area (Å²) < 4.78 is 1.97. The van der Waals surface area contributed by atoms with E-state index in [0.29, 0.717) is 18.1 Å². The van der Waals surface area contributed by atoms with Crippen molar-refractivity contribution in [2.45, 2.75) is 19.4 Å². The van der Waals surface area contributed by atoms with Crippen LogP contribution in [0.3, 0.4) is 0 Å². The standard InChI is InChI=1S/C25H25ClN4OS/c26-20-12-10-19(11-13-20)23-17-32-25(30(23)16-24(31)28-15-4-3-14-27)29-22-9-5-7-18-6-1-2-8-21(18)22/h1-2,5-13,17H,3-4,14-16,27H2,(H,28,31). The number of rotatable bonds is 8. The maximum atomic E-state index is 12.7. The first-order chi connectivity index (χ1) is 15.7. The second kappa shape index (κ2) is 10.6. The zero-order valence-electron chi connectivity index (χ0n) is 17.6. The molecular weight excluding hydrogens is 440 g/mol. The molecule has 0 unspecified atom stereocenters. The number of thiazole rings is 1. The summed E-state index contributed by atoms with van der Waals surface area (Å²) in [7, 11) is 0. The Morgan fingerprint density at radius 3 is 2.62 bits per heavy atom. The maximum Gasteiger partial charge on any atom is 0.240 e. The third kappa shape index (κ3) is 5.27. The summed E-state index contributed by atoms with van der Waals surface area (Å²) in [4.78, 5) is 18.4. The summed E-state index contributed by atoms with van der Waals surface area (Å²) in [5.74, 6) is -0.0463. The molecular formula is C25H25ClN4OS. The molecule has 0 aliphatic heterocycles. The molecule has 7 heteroatoms. The minimum atomic E-state index is -0.0463. The number of nitrogens with one attached hydrogen (secondary N) is 1. The lowest BCUT2D eigenvalue weighted by molar-refractivity contribution is -0.121. The van der Waals surface area contributed by atoms with E-state index in [1.54, 1.807) is 0 Å². The van der Waals surface area contributed by atoms with Crippen LogP contribution in [0.5, 0.6) is 0 Å². The molecule has 4 aromatic rings. The summed E-state index contributed by atoms with van der Waals surface area (Å²) >= 11 is 7.60. The van der Waals surface area contributed by atoms with Gasteiger partial charge in [-0.2, -0.15) is 0 Å². The molecule has 0 saturated carbocycles. The van der Waals surface area contributed by atoms with E-state index in [0.717, 1.165) is 45.4 Å². The number of carbonyl (C=O) groups excluding carboxylic acids is 1. The van der Waals surface area contributed by atoms with Crippen molar-refractivity contribution in [2.24, 2.45) is 10.7 Å². The lowest BCUT2D eigenvalue weighted by atomic mass is 10.1. The van der Waals surface area contributed by atoms with Crippen molar-refractivity contribution in [3.05, 3.63) is 81.9 Å². The van der Waals surface area contributed by atoms with Crippen molar-refractivity contribution >= 4 is 45.3 Å². The Labute approximate surface area is 196 Å². The van der Waals surface area contributed by atoms with Crippen molar-refractivity contribution in [2.75, 3.05) is 13.1 Å². The van der Waals surface area contributed by atoms with Gasteiger partial charge in [0, 0.05) is 22.3 Å². The average Bonchev–Trinajstić information content (AvgIpc) is 3.19. The highest BCUT2D eigenvalue weighted by Crippen LogP contribution is 2.26. The normalized spacial score (nSPS) is 11.8. The lowest BCUT2D eigenvalue weighted by Crippen LogP contribution is -2.32. The van der Waals surface area contributed by atoms with Gasteiger partial charge >= 0.3 is 0 Å². The van der Waals surface area contributed by atoms with Crippen molar-refractivity contribution in [3.8, 4) is 11.3 Å². The first-order valence-corrected chi connectivity index (χ1v) is 11.8. The average molecular weight is 465 g/mol. The Morgan fingerprint density at radius 1 is 1.03 bits per heavy atom. The number of nitrogens with zero attached hydrogens (tertiary/aromatic N) is 2. The third-order valence-corrected chi connectivity index (χ3v) is 6.29. The number of carbonyl (C=O) groups is 1. The van der Waals surface area contributed by atoms with E-state index in [9.17, 15) is 4.79 Å². The predicted octanol–water partition coefficient (Wildman–Crippen LogP) is 5.11. The number of hydrogen-bond acceptors (Lipinski definition) is 4. The molecule has 0 spiro atoms. The molecule has 0 aliphatic carbocycles. The van der Waals surface area contributed by atoms with E-state index in [4.69, 9.17) is 22.3 Å². The van der Waals surface area contributed by atoms with Crippen LogP contribution in [0.2, 0.25) is 5.02 Å². The van der Waals surface area contributed by atoms with Gasteiger partial charge in [0.2, 0.25) is 5.91 Å². The minimum absolute atomic E-state index is 0.0463. The fourth-order valence-corrected chi connectivity index (χ4v) is 4.58. The molecule has 32 heavy (non-hydrogen) atoms. The van der Waals surface area contributed by atoms with Gasteiger partial charge in [-0.25, -0.2) is 4.99 Å². The largest absolute Gasteiger partial charge is 0.355 e. The van der Waals surface area contributed by atoms with Gasteiger partial charge in [-0.05, 0) is 48.5 Å². The second-order valence-corrected chi connectivity index (χ2v) is 8.73. The number of amides is 1. The molecule has 4 rings (SSSR count). The van der Waals surface area contributed by atoms with Gasteiger partial charge in [0.1, 0.15) is 6.54 Å². The quantitative estimate of drug-likeness (QED) is 0.355. The smallest absolute Gasteiger partial charge is 0.240 e. The highest BCUT2D eigenvalue weighted by atomic mass is 35.5. The first-order valence-electron chi connectivity index (χ1n) is 10.6. The number of halogens is 1. The van der Waals surface area contributed by atoms with Crippen molar-refractivity contribution in [3.63, 3.8) is 0 Å². The fraction of sp³-hybridized carbons (Fsp3) is 0.200. The summed E-state index contributed by atoms with van der Waals surface area (Å²) in [5, 5.41) is 7.91. The highest BCUT2D eigenvalue weighted by molar-refractivity contribution is 7.07. The van der Waals surface area contributed by atoms with Crippen LogP contribution in [0.15, 0.2) is 77.1 Å². The summed E-state index contributed by atoms with van der Waals surface area (Å²) in [6.07, 6.45) is 1.76. The molecule has 1 aromatic heterocycles. The first kappa shape index (κ1) is 22.3. The van der Waals surface area contributed by atoms with Gasteiger partial charge in [-0.1, -0.05) is 60.1 Å². The van der Waals surface area contributed by atoms with E-state index in [2.05, 4.69) is 23.5 Å². The van der Waals surface area contributed by atoms with Crippen molar-refractivity contribution < 1.29 is 4.79 Å². The van der Waals surface area contributed by atoms with Crippen LogP contribution >= 0.6 is 22.9 Å². The number of fused-ring (bicyclic) bond motifs is 1. The number of nitrogens with two attached hydrogens (primary N) is 1. The predicted molar refractivity (Wildman–Crippen MR) is 133 cm³/mol. The molecule has 1 amide bonds. The summed E-state index contributed by atoms with van der Waals surface area (Å²) in [6.45, 7) is 1.43. The van der Waals surface area contributed by atoms with Gasteiger partial charge < -0.3 is 15.6 Å². The Morgan fingerprint density at radius 2 is 1.81 bits per heavy atom. The molecule has 0 aliphatic rings. The monoisotopic (exact) mass is 464 g/mol. The van der Waals surface area contributed by atoms with Crippen molar-refractivity contribution in [1.29, 1.82) is 0 Å². The van der Waals surface area contributed by atoms with Crippen LogP contribution < -0.4 is 15.9 Å². The number of benzene rings is 3. The summed E-state index contributed by atoms with van der Waals surface area (Å²) in [6, 6.07) is 21.9. The molecule has 0 bridgehead atoms. The number of hydrogen-bond donors (Lipinski definition) is 2. The van der Waals surface area contributed by atoms with Gasteiger partial charge in [0.05, 0.1) is 11.4 Å². The van der Waals surface area contributed by atoms with E-state index < -0.39 is 0 Å². The van der Waals surface area contributed by atoms with Crippen LogP contribution in [0, 0.1) is 0 Å². The fourth-order valence-electron chi connectivity index (χ4n) is 3.53. The van der Waals surface area contributed by atoms with Gasteiger partial charge in [-0.15, -0.1) is 11.3 Å². The number of aromatic nitrogens is 1. The Bertz CT molecular complexity index is 1270. The Balaban J connectivity index is 1.74. The van der Waals surface area contributed by atoms with Crippen LogP contribution in [0.4, 0.5) is 5.69 Å². The minimum Gasteiger partial charge on any atom is -0.355 e. The molecule has 0 radical (unpaired) electrons. The molecule has 0 saturated heterocycles. The third-order valence-electron chi connectivity index (χ3n) is 5.18. The molecule has 0 atom stereocenters. The second-order valence-electron chi connectivity index (χ2n) is 7.45. The Kier molecular flexibility index (Phi) is 7.37. The van der Waals surface area contributed by atoms with E-state index >= 15 is 0 Å². The molecule has 0 fully saturated rings. The van der Waals surface area contributed by atoms with Crippen molar-refractivity contribution in [1.82, 2.24) is 9.88 Å². The van der Waals surface area contributed by atoms with Gasteiger partial charge in [-0.3, -0.25) is 4.79 Å². The zero-order valence-corrected chi connectivity index (χ0v) is 19.2.